The molecule has 2 aromatic heterocycles. The van der Waals surface area contributed by atoms with Gasteiger partial charge in [0, 0.05) is 5.56 Å². The summed E-state index contributed by atoms with van der Waals surface area (Å²) in [7, 11) is 0. The minimum absolute atomic E-state index is 0.0548. The van der Waals surface area contributed by atoms with Crippen LogP contribution in [0.2, 0.25) is 0 Å². The summed E-state index contributed by atoms with van der Waals surface area (Å²) in [4.78, 5) is 55.7. The standard InChI is InChI=1S/C32H24N6O5/c39-26-16-15-20-9-7-8-14-23(20)27(26)28-24-17-18-33-29(40)35(21-10-3-1-4-11-21)31(42)37(33)25(24)19-34-30(41)36(32(43)38(28)34)22-12-5-2-6-13-22/h1-17,25,28,39H,18-19H2/t25-,28-/m1/s1. The molecule has 0 unspecified atom stereocenters. The van der Waals surface area contributed by atoms with E-state index < -0.39 is 34.8 Å². The Morgan fingerprint density at radius 2 is 1.19 bits per heavy atom. The SMILES string of the molecule is O=c1n(-c2ccccc2)c(=O)n2n1CC=C1[C@H]2Cn2c(=O)n(-c3ccccc3)c(=O)n2[C@H]1c1c(O)ccc2ccccc12. The number of para-hydroxylation sites is 2. The predicted octanol–water partition coefficient (Wildman–Crippen LogP) is 2.56. The molecule has 2 aliphatic heterocycles. The summed E-state index contributed by atoms with van der Waals surface area (Å²) in [5.74, 6) is -0.0548. The molecule has 4 aromatic carbocycles. The molecule has 0 spiro atoms. The molecule has 4 heterocycles. The highest BCUT2D eigenvalue weighted by atomic mass is 16.3. The third-order valence-electron chi connectivity index (χ3n) is 8.45. The summed E-state index contributed by atoms with van der Waals surface area (Å²) < 4.78 is 7.62. The molecule has 0 saturated heterocycles. The quantitative estimate of drug-likeness (QED) is 0.327. The lowest BCUT2D eigenvalue weighted by Crippen LogP contribution is -2.47. The van der Waals surface area contributed by atoms with Gasteiger partial charge < -0.3 is 5.11 Å². The van der Waals surface area contributed by atoms with Gasteiger partial charge in [0.25, 0.3) is 0 Å². The van der Waals surface area contributed by atoms with Crippen molar-refractivity contribution in [2.24, 2.45) is 0 Å². The monoisotopic (exact) mass is 572 g/mol. The number of allylic oxidation sites excluding steroid dienone is 2. The lowest BCUT2D eigenvalue weighted by atomic mass is 9.87. The third kappa shape index (κ3) is 3.41. The number of nitrogens with zero attached hydrogens (tertiary/aromatic N) is 6. The topological polar surface area (TPSA) is 118 Å². The minimum atomic E-state index is -0.939. The molecule has 0 radical (unpaired) electrons. The maximum Gasteiger partial charge on any atom is 0.352 e. The number of phenols is 1. The molecular formula is C32H24N6O5. The van der Waals surface area contributed by atoms with E-state index in [1.165, 1.54) is 18.7 Å². The fourth-order valence-corrected chi connectivity index (χ4v) is 6.58. The number of phenolic OH excluding ortho intramolecular Hbond substituents is 1. The molecule has 8 rings (SSSR count). The van der Waals surface area contributed by atoms with E-state index in [2.05, 4.69) is 0 Å². The van der Waals surface area contributed by atoms with E-state index in [4.69, 9.17) is 0 Å². The van der Waals surface area contributed by atoms with Crippen LogP contribution in [-0.2, 0) is 13.1 Å². The first-order chi connectivity index (χ1) is 21.0. The highest BCUT2D eigenvalue weighted by molar-refractivity contribution is 5.88. The van der Waals surface area contributed by atoms with E-state index in [-0.39, 0.29) is 18.8 Å². The van der Waals surface area contributed by atoms with Gasteiger partial charge in [-0.2, -0.15) is 0 Å². The second-order valence-corrected chi connectivity index (χ2v) is 10.7. The van der Waals surface area contributed by atoms with Crippen LogP contribution in [0, 0.1) is 0 Å². The van der Waals surface area contributed by atoms with Crippen molar-refractivity contribution in [2.45, 2.75) is 25.2 Å². The van der Waals surface area contributed by atoms with Gasteiger partial charge >= 0.3 is 22.8 Å². The van der Waals surface area contributed by atoms with E-state index in [9.17, 15) is 24.3 Å². The van der Waals surface area contributed by atoms with E-state index in [0.717, 1.165) is 14.5 Å². The van der Waals surface area contributed by atoms with Crippen LogP contribution in [0.4, 0.5) is 0 Å². The van der Waals surface area contributed by atoms with Gasteiger partial charge in [0.05, 0.1) is 30.5 Å². The minimum Gasteiger partial charge on any atom is -0.508 e. The molecule has 43 heavy (non-hydrogen) atoms. The summed E-state index contributed by atoms with van der Waals surface area (Å²) in [6, 6.07) is 26.4. The molecule has 212 valence electrons. The Balaban J connectivity index is 1.45. The van der Waals surface area contributed by atoms with E-state index >= 15 is 0 Å². The van der Waals surface area contributed by atoms with Crippen LogP contribution in [-0.4, -0.2) is 33.0 Å². The number of aromatic hydroxyl groups is 1. The molecule has 0 amide bonds. The molecule has 11 heteroatoms. The maximum atomic E-state index is 14.2. The number of fused-ring (bicyclic) bond motifs is 5. The van der Waals surface area contributed by atoms with Gasteiger partial charge in [-0.1, -0.05) is 72.8 Å². The van der Waals surface area contributed by atoms with Gasteiger partial charge in [0.2, 0.25) is 0 Å². The second kappa shape index (κ2) is 9.08. The number of hydrogen-bond acceptors (Lipinski definition) is 5. The summed E-state index contributed by atoms with van der Waals surface area (Å²) in [5.41, 5.74) is -0.342. The number of hydrogen-bond donors (Lipinski definition) is 1. The summed E-state index contributed by atoms with van der Waals surface area (Å²) in [5, 5.41) is 12.9. The fourth-order valence-electron chi connectivity index (χ4n) is 6.58. The first-order valence-corrected chi connectivity index (χ1v) is 13.9. The zero-order valence-electron chi connectivity index (χ0n) is 22.6. The Kier molecular flexibility index (Phi) is 5.26. The normalized spacial score (nSPS) is 17.3. The van der Waals surface area contributed by atoms with Crippen LogP contribution in [0.15, 0.2) is 128 Å². The summed E-state index contributed by atoms with van der Waals surface area (Å²) in [6.45, 7) is 0.0000622. The lowest BCUT2D eigenvalue weighted by molar-refractivity contribution is 0.244. The van der Waals surface area contributed by atoms with Gasteiger partial charge in [-0.25, -0.2) is 47.0 Å². The van der Waals surface area contributed by atoms with Crippen LogP contribution in [0.5, 0.6) is 5.75 Å². The average molecular weight is 573 g/mol. The molecule has 2 aliphatic rings. The van der Waals surface area contributed by atoms with Crippen molar-refractivity contribution in [3.8, 4) is 17.1 Å². The number of benzene rings is 4. The Bertz CT molecular complexity index is 2350. The third-order valence-corrected chi connectivity index (χ3v) is 8.45. The van der Waals surface area contributed by atoms with Crippen molar-refractivity contribution in [3.63, 3.8) is 0 Å². The highest BCUT2D eigenvalue weighted by Gasteiger charge is 2.43. The van der Waals surface area contributed by atoms with Crippen molar-refractivity contribution in [2.75, 3.05) is 0 Å². The molecular weight excluding hydrogens is 548 g/mol. The maximum absolute atomic E-state index is 14.2. The second-order valence-electron chi connectivity index (χ2n) is 10.7. The van der Waals surface area contributed by atoms with Crippen LogP contribution in [0.3, 0.4) is 0 Å². The average Bonchev–Trinajstić information content (AvgIpc) is 3.44. The Morgan fingerprint density at radius 3 is 1.86 bits per heavy atom. The van der Waals surface area contributed by atoms with Gasteiger partial charge in [-0.3, -0.25) is 0 Å². The number of aromatic nitrogens is 6. The van der Waals surface area contributed by atoms with Crippen LogP contribution >= 0.6 is 0 Å². The fraction of sp³-hybridized carbons (Fsp3) is 0.125. The van der Waals surface area contributed by atoms with Gasteiger partial charge in [-0.15, -0.1) is 0 Å². The first-order valence-electron chi connectivity index (χ1n) is 13.9. The first kappa shape index (κ1) is 24.9. The Labute approximate surface area is 242 Å². The van der Waals surface area contributed by atoms with Gasteiger partial charge in [-0.05, 0) is 46.7 Å². The highest BCUT2D eigenvalue weighted by Crippen LogP contribution is 2.44. The lowest BCUT2D eigenvalue weighted by Gasteiger charge is -2.38. The zero-order chi connectivity index (χ0) is 29.4. The van der Waals surface area contributed by atoms with Crippen molar-refractivity contribution in [1.82, 2.24) is 27.9 Å². The molecule has 0 saturated carbocycles. The zero-order valence-corrected chi connectivity index (χ0v) is 22.6. The Morgan fingerprint density at radius 1 is 0.605 bits per heavy atom. The molecule has 1 N–H and O–H groups in total. The van der Waals surface area contributed by atoms with Crippen molar-refractivity contribution in [3.05, 3.63) is 156 Å². The molecule has 11 nitrogen and oxygen atoms in total. The van der Waals surface area contributed by atoms with Crippen LogP contribution in [0.25, 0.3) is 22.1 Å². The van der Waals surface area contributed by atoms with Crippen molar-refractivity contribution in [1.29, 1.82) is 0 Å². The largest absolute Gasteiger partial charge is 0.508 e. The van der Waals surface area contributed by atoms with Gasteiger partial charge in [0.15, 0.2) is 0 Å². The van der Waals surface area contributed by atoms with Gasteiger partial charge in [0.1, 0.15) is 11.8 Å². The molecule has 6 aromatic rings. The van der Waals surface area contributed by atoms with Crippen LogP contribution < -0.4 is 22.8 Å². The van der Waals surface area contributed by atoms with E-state index in [1.807, 2.05) is 30.3 Å². The summed E-state index contributed by atoms with van der Waals surface area (Å²) in [6.07, 6.45) is 1.83. The molecule has 0 aliphatic carbocycles. The smallest absolute Gasteiger partial charge is 0.352 e. The Hall–Kier alpha value is -5.84. The summed E-state index contributed by atoms with van der Waals surface area (Å²) >= 11 is 0. The molecule has 2 atom stereocenters. The molecule has 0 bridgehead atoms. The van der Waals surface area contributed by atoms with Crippen molar-refractivity contribution < 1.29 is 5.11 Å². The molecule has 0 fully saturated rings. The van der Waals surface area contributed by atoms with E-state index in [1.54, 1.807) is 72.8 Å². The predicted molar refractivity (Wildman–Crippen MR) is 159 cm³/mol. The van der Waals surface area contributed by atoms with Crippen molar-refractivity contribution >= 4 is 10.8 Å². The number of rotatable bonds is 3. The van der Waals surface area contributed by atoms with E-state index in [0.29, 0.717) is 27.9 Å². The van der Waals surface area contributed by atoms with Crippen LogP contribution in [0.1, 0.15) is 17.6 Å².